The minimum absolute atomic E-state index is 0.0243. The molecule has 1 amide bonds. The molecule has 0 saturated carbocycles. The van der Waals surface area contributed by atoms with Crippen molar-refractivity contribution in [3.8, 4) is 5.75 Å². The standard InChI is InChI=1S/C15H16ClN3O2/c1-9(2)21-13-6-5-10(8-11(13)16)19-15(20)14-12(17)4-3-7-18-14/h3-9H,17H2,1-2H3,(H,19,20). The third-order valence-electron chi connectivity index (χ3n) is 2.61. The number of halogens is 1. The summed E-state index contributed by atoms with van der Waals surface area (Å²) in [7, 11) is 0. The fourth-order valence-electron chi connectivity index (χ4n) is 1.73. The highest BCUT2D eigenvalue weighted by Crippen LogP contribution is 2.28. The van der Waals surface area contributed by atoms with Crippen molar-refractivity contribution in [2.75, 3.05) is 11.1 Å². The Labute approximate surface area is 128 Å². The second-order valence-corrected chi connectivity index (χ2v) is 5.11. The number of carbonyl (C=O) groups excluding carboxylic acids is 1. The topological polar surface area (TPSA) is 77.2 Å². The molecule has 2 aromatic rings. The van der Waals surface area contributed by atoms with E-state index in [9.17, 15) is 4.79 Å². The number of hydrogen-bond acceptors (Lipinski definition) is 4. The summed E-state index contributed by atoms with van der Waals surface area (Å²) in [4.78, 5) is 16.0. The molecule has 21 heavy (non-hydrogen) atoms. The van der Waals surface area contributed by atoms with Crippen LogP contribution in [-0.2, 0) is 0 Å². The molecule has 6 heteroatoms. The Morgan fingerprint density at radius 1 is 1.38 bits per heavy atom. The van der Waals surface area contributed by atoms with Crippen molar-refractivity contribution in [2.45, 2.75) is 20.0 Å². The lowest BCUT2D eigenvalue weighted by molar-refractivity contribution is 0.102. The maximum atomic E-state index is 12.1. The Balaban J connectivity index is 2.15. The molecule has 0 saturated heterocycles. The normalized spacial score (nSPS) is 10.5. The summed E-state index contributed by atoms with van der Waals surface area (Å²) in [6.07, 6.45) is 1.54. The number of aromatic nitrogens is 1. The van der Waals surface area contributed by atoms with Crippen LogP contribution in [0.4, 0.5) is 11.4 Å². The van der Waals surface area contributed by atoms with Crippen LogP contribution in [0, 0.1) is 0 Å². The minimum Gasteiger partial charge on any atom is -0.489 e. The molecule has 1 aromatic heterocycles. The maximum Gasteiger partial charge on any atom is 0.276 e. The molecule has 0 unspecified atom stereocenters. The summed E-state index contributed by atoms with van der Waals surface area (Å²) in [5, 5.41) is 3.13. The third kappa shape index (κ3) is 3.86. The van der Waals surface area contributed by atoms with Crippen molar-refractivity contribution in [2.24, 2.45) is 0 Å². The van der Waals surface area contributed by atoms with E-state index < -0.39 is 0 Å². The van der Waals surface area contributed by atoms with Gasteiger partial charge in [0.25, 0.3) is 5.91 Å². The van der Waals surface area contributed by atoms with Crippen molar-refractivity contribution in [3.63, 3.8) is 0 Å². The lowest BCUT2D eigenvalue weighted by atomic mass is 10.2. The van der Waals surface area contributed by atoms with Gasteiger partial charge in [-0.25, -0.2) is 4.98 Å². The number of pyridine rings is 1. The molecule has 2 rings (SSSR count). The van der Waals surface area contributed by atoms with Crippen LogP contribution in [0.15, 0.2) is 36.5 Å². The van der Waals surface area contributed by atoms with E-state index in [2.05, 4.69) is 10.3 Å². The molecule has 0 radical (unpaired) electrons. The molecule has 3 N–H and O–H groups in total. The summed E-state index contributed by atoms with van der Waals surface area (Å²) in [5.74, 6) is 0.184. The number of nitrogen functional groups attached to an aromatic ring is 1. The zero-order valence-electron chi connectivity index (χ0n) is 11.8. The van der Waals surface area contributed by atoms with Gasteiger partial charge in [0, 0.05) is 11.9 Å². The molecule has 1 aromatic carbocycles. The highest BCUT2D eigenvalue weighted by atomic mass is 35.5. The van der Waals surface area contributed by atoms with Gasteiger partial charge in [0.05, 0.1) is 16.8 Å². The van der Waals surface area contributed by atoms with Crippen molar-refractivity contribution >= 4 is 28.9 Å². The summed E-state index contributed by atoms with van der Waals surface area (Å²) in [6, 6.07) is 8.33. The first-order valence-corrected chi connectivity index (χ1v) is 6.83. The van der Waals surface area contributed by atoms with E-state index in [-0.39, 0.29) is 17.7 Å². The number of nitrogens with one attached hydrogen (secondary N) is 1. The number of ether oxygens (including phenoxy) is 1. The quantitative estimate of drug-likeness (QED) is 0.908. The van der Waals surface area contributed by atoms with Crippen molar-refractivity contribution in [1.82, 2.24) is 4.98 Å². The summed E-state index contributed by atoms with van der Waals surface area (Å²) in [6.45, 7) is 3.83. The first-order valence-electron chi connectivity index (χ1n) is 6.45. The molecule has 0 aliphatic carbocycles. The number of amides is 1. The number of nitrogens with zero attached hydrogens (tertiary/aromatic N) is 1. The predicted molar refractivity (Wildman–Crippen MR) is 83.8 cm³/mol. The minimum atomic E-state index is -0.387. The van der Waals surface area contributed by atoms with Crippen LogP contribution < -0.4 is 15.8 Å². The summed E-state index contributed by atoms with van der Waals surface area (Å²) >= 11 is 6.12. The molecule has 0 spiro atoms. The van der Waals surface area contributed by atoms with Gasteiger partial charge in [-0.1, -0.05) is 11.6 Å². The smallest absolute Gasteiger partial charge is 0.276 e. The fraction of sp³-hybridized carbons (Fsp3) is 0.200. The Hall–Kier alpha value is -2.27. The highest BCUT2D eigenvalue weighted by molar-refractivity contribution is 6.32. The van der Waals surface area contributed by atoms with Gasteiger partial charge in [-0.2, -0.15) is 0 Å². The van der Waals surface area contributed by atoms with Crippen LogP contribution in [0.5, 0.6) is 5.75 Å². The molecule has 0 atom stereocenters. The maximum absolute atomic E-state index is 12.1. The van der Waals surface area contributed by atoms with Crippen molar-refractivity contribution < 1.29 is 9.53 Å². The van der Waals surface area contributed by atoms with Gasteiger partial charge in [0.1, 0.15) is 5.75 Å². The average molecular weight is 306 g/mol. The zero-order chi connectivity index (χ0) is 15.4. The molecule has 0 aliphatic heterocycles. The molecule has 5 nitrogen and oxygen atoms in total. The van der Waals surface area contributed by atoms with Crippen LogP contribution in [0.3, 0.4) is 0 Å². The van der Waals surface area contributed by atoms with Gasteiger partial charge >= 0.3 is 0 Å². The Morgan fingerprint density at radius 2 is 2.14 bits per heavy atom. The van der Waals surface area contributed by atoms with Crippen LogP contribution in [0.1, 0.15) is 24.3 Å². The van der Waals surface area contributed by atoms with Gasteiger partial charge < -0.3 is 15.8 Å². The first-order chi connectivity index (χ1) is 9.97. The Morgan fingerprint density at radius 3 is 2.76 bits per heavy atom. The number of anilines is 2. The highest BCUT2D eigenvalue weighted by Gasteiger charge is 2.12. The van der Waals surface area contributed by atoms with Gasteiger partial charge in [0.2, 0.25) is 0 Å². The van der Waals surface area contributed by atoms with Crippen LogP contribution in [0.2, 0.25) is 5.02 Å². The van der Waals surface area contributed by atoms with Crippen LogP contribution in [-0.4, -0.2) is 17.0 Å². The zero-order valence-corrected chi connectivity index (χ0v) is 12.5. The summed E-state index contributed by atoms with van der Waals surface area (Å²) < 4.78 is 5.53. The van der Waals surface area contributed by atoms with E-state index in [4.69, 9.17) is 22.1 Å². The second-order valence-electron chi connectivity index (χ2n) is 4.71. The summed E-state index contributed by atoms with van der Waals surface area (Å²) in [5.41, 5.74) is 6.76. The molecule has 1 heterocycles. The monoisotopic (exact) mass is 305 g/mol. The second kappa shape index (κ2) is 6.45. The molecule has 0 aliphatic rings. The van der Waals surface area contributed by atoms with Gasteiger partial charge in [-0.05, 0) is 44.2 Å². The van der Waals surface area contributed by atoms with Gasteiger partial charge in [-0.3, -0.25) is 4.79 Å². The van der Waals surface area contributed by atoms with Crippen LogP contribution in [0.25, 0.3) is 0 Å². The Kier molecular flexibility index (Phi) is 4.65. The van der Waals surface area contributed by atoms with E-state index >= 15 is 0 Å². The van der Waals surface area contributed by atoms with E-state index in [1.165, 1.54) is 6.20 Å². The molecule has 0 bridgehead atoms. The SMILES string of the molecule is CC(C)Oc1ccc(NC(=O)c2ncccc2N)cc1Cl. The first kappa shape index (κ1) is 15.1. The lowest BCUT2D eigenvalue weighted by Crippen LogP contribution is -2.15. The third-order valence-corrected chi connectivity index (χ3v) is 2.90. The number of nitrogens with two attached hydrogens (primary N) is 1. The van der Waals surface area contributed by atoms with Gasteiger partial charge in [0.15, 0.2) is 5.69 Å². The average Bonchev–Trinajstić information content (AvgIpc) is 2.42. The molecular weight excluding hydrogens is 290 g/mol. The number of rotatable bonds is 4. The molecule has 0 fully saturated rings. The molecular formula is C15H16ClN3O2. The largest absolute Gasteiger partial charge is 0.489 e. The van der Waals surface area contributed by atoms with Crippen molar-refractivity contribution in [3.05, 3.63) is 47.2 Å². The number of benzene rings is 1. The predicted octanol–water partition coefficient (Wildman–Crippen LogP) is 3.36. The lowest BCUT2D eigenvalue weighted by Gasteiger charge is -2.13. The number of hydrogen-bond donors (Lipinski definition) is 2. The van der Waals surface area contributed by atoms with Crippen molar-refractivity contribution in [1.29, 1.82) is 0 Å². The van der Waals surface area contributed by atoms with E-state index in [0.29, 0.717) is 22.1 Å². The van der Waals surface area contributed by atoms with Crippen LogP contribution >= 0.6 is 11.6 Å². The van der Waals surface area contributed by atoms with Gasteiger partial charge in [-0.15, -0.1) is 0 Å². The molecule has 110 valence electrons. The van der Waals surface area contributed by atoms with E-state index in [1.54, 1.807) is 30.3 Å². The number of carbonyl (C=O) groups is 1. The van der Waals surface area contributed by atoms with E-state index in [1.807, 2.05) is 13.8 Å². The fourth-order valence-corrected chi connectivity index (χ4v) is 1.95. The van der Waals surface area contributed by atoms with E-state index in [0.717, 1.165) is 0 Å². The Bertz CT molecular complexity index is 659.